The van der Waals surface area contributed by atoms with Gasteiger partial charge in [-0.1, -0.05) is 0 Å². The van der Waals surface area contributed by atoms with Crippen LogP contribution in [0.25, 0.3) is 5.08 Å². The molecule has 0 aromatic rings. The summed E-state index contributed by atoms with van der Waals surface area (Å²) in [6.45, 7) is 0. The Morgan fingerprint density at radius 3 is 2.25 bits per heavy atom. The minimum absolute atomic E-state index is 0.861. The van der Waals surface area contributed by atoms with Crippen LogP contribution >= 0.6 is 0 Å². The largest absolute Gasteiger partial charge is 0.334 e. The molecule has 4 heteroatoms. The summed E-state index contributed by atoms with van der Waals surface area (Å²) in [5.41, 5.74) is 0.861. The number of diazo groups is 1. The van der Waals surface area contributed by atoms with Gasteiger partial charge in [0, 0.05) is 0 Å². The molecule has 0 aliphatic rings. The van der Waals surface area contributed by atoms with Crippen molar-refractivity contribution in [2.24, 2.45) is 0 Å². The SMILES string of the molecule is N#[N+]N[O]. The van der Waals surface area contributed by atoms with Crippen molar-refractivity contribution in [1.82, 2.24) is 5.59 Å². The van der Waals surface area contributed by atoms with Crippen LogP contribution in [0.5, 0.6) is 0 Å². The van der Waals surface area contributed by atoms with Gasteiger partial charge in [0.05, 0.1) is 0 Å². The first-order valence-electron chi connectivity index (χ1n) is 0.628. The van der Waals surface area contributed by atoms with E-state index in [-0.39, 0.29) is 0 Å². The molecule has 0 fully saturated rings. The van der Waals surface area contributed by atoms with Crippen LogP contribution < -0.4 is 5.59 Å². The third kappa shape index (κ3) is 1.18. The lowest BCUT2D eigenvalue weighted by Gasteiger charge is -1.33. The maximum atomic E-state index is 8.63. The van der Waals surface area contributed by atoms with E-state index in [4.69, 9.17) is 10.6 Å². The van der Waals surface area contributed by atoms with E-state index in [9.17, 15) is 0 Å². The van der Waals surface area contributed by atoms with Gasteiger partial charge in [0.15, 0.2) is 0 Å². The van der Waals surface area contributed by atoms with Crippen molar-refractivity contribution in [2.75, 3.05) is 0 Å². The maximum Gasteiger partial charge on any atom is 0.334 e. The van der Waals surface area contributed by atoms with Crippen molar-refractivity contribution in [1.29, 1.82) is 5.39 Å². The predicted octanol–water partition coefficient (Wildman–Crippen LogP) is -0.310. The fourth-order valence-corrected chi connectivity index (χ4v) is 0. The number of nitrogens with one attached hydrogen (secondary N) is 1. The van der Waals surface area contributed by atoms with Crippen molar-refractivity contribution in [3.8, 4) is 0 Å². The van der Waals surface area contributed by atoms with Crippen LogP contribution in [-0.4, -0.2) is 0 Å². The standard InChI is InChI=1S/HN3O/c1-2-3-4/h3H/q+1. The van der Waals surface area contributed by atoms with E-state index in [0.717, 1.165) is 5.59 Å². The van der Waals surface area contributed by atoms with E-state index in [2.05, 4.69) is 0 Å². The quantitative estimate of drug-likeness (QED) is 0.307. The molecule has 1 N–H and O–H groups in total. The topological polar surface area (TPSA) is 60.1 Å². The summed E-state index contributed by atoms with van der Waals surface area (Å²) in [7, 11) is 0. The van der Waals surface area contributed by atoms with Crippen molar-refractivity contribution in [3.63, 3.8) is 0 Å². The Morgan fingerprint density at radius 1 is 2.00 bits per heavy atom. The molecule has 0 rings (SSSR count). The third-order valence-electron chi connectivity index (χ3n) is 0.0408. The first-order chi connectivity index (χ1) is 1.91. The Kier molecular flexibility index (Phi) is 1.73. The molecular weight excluding hydrogens is 58.0 g/mol. The van der Waals surface area contributed by atoms with Gasteiger partial charge in [0.25, 0.3) is 5.39 Å². The predicted molar refractivity (Wildman–Crippen MR) is 8.91 cm³/mol. The van der Waals surface area contributed by atoms with E-state index < -0.39 is 0 Å². The summed E-state index contributed by atoms with van der Waals surface area (Å²) in [6, 6.07) is 0. The number of nitrogens with zero attached hydrogens (tertiary/aromatic N) is 2. The highest BCUT2D eigenvalue weighted by atomic mass is 16.5. The lowest BCUT2D eigenvalue weighted by molar-refractivity contribution is 0.110. The summed E-state index contributed by atoms with van der Waals surface area (Å²) in [5.74, 6) is 0. The molecule has 0 spiro atoms. The van der Waals surface area contributed by atoms with E-state index >= 15 is 0 Å². The summed E-state index contributed by atoms with van der Waals surface area (Å²) in [4.78, 5) is 0. The highest BCUT2D eigenvalue weighted by Crippen LogP contribution is 1.31. The van der Waals surface area contributed by atoms with Gasteiger partial charge in [-0.3, -0.25) is 0 Å². The lowest BCUT2D eigenvalue weighted by atomic mass is 12.7. The molecule has 0 aliphatic carbocycles. The van der Waals surface area contributed by atoms with Gasteiger partial charge < -0.3 is 0 Å². The van der Waals surface area contributed by atoms with E-state index in [0.29, 0.717) is 0 Å². The average Bonchev–Trinajstić information content (AvgIpc) is 1.37. The van der Waals surface area contributed by atoms with Crippen molar-refractivity contribution in [2.45, 2.75) is 0 Å². The van der Waals surface area contributed by atoms with Crippen LogP contribution in [0.4, 0.5) is 0 Å². The molecule has 0 aromatic carbocycles. The van der Waals surface area contributed by atoms with E-state index in [1.807, 2.05) is 5.08 Å². The molecule has 4 nitrogen and oxygen atoms in total. The summed E-state index contributed by atoms with van der Waals surface area (Å²) < 4.78 is 0. The van der Waals surface area contributed by atoms with Crippen LogP contribution in [0.3, 0.4) is 0 Å². The fourth-order valence-electron chi connectivity index (χ4n) is 0. The summed E-state index contributed by atoms with van der Waals surface area (Å²) >= 11 is 0. The van der Waals surface area contributed by atoms with Crippen molar-refractivity contribution < 1.29 is 5.21 Å². The third-order valence-corrected chi connectivity index (χ3v) is 0.0408. The van der Waals surface area contributed by atoms with Crippen LogP contribution in [-0.2, 0) is 5.21 Å². The van der Waals surface area contributed by atoms with Crippen LogP contribution in [0.1, 0.15) is 0 Å². The smallest absolute Gasteiger partial charge is 0.0139 e. The maximum absolute atomic E-state index is 8.63. The zero-order valence-corrected chi connectivity index (χ0v) is 1.80. The summed E-state index contributed by atoms with van der Waals surface area (Å²) in [6.07, 6.45) is 0. The molecule has 1 radical (unpaired) electrons. The molecule has 4 heavy (non-hydrogen) atoms. The molecule has 0 bridgehead atoms. The first kappa shape index (κ1) is 3.18. The number of hydrogen-bond acceptors (Lipinski definition) is 2. The molecule has 0 unspecified atom stereocenters. The van der Waals surface area contributed by atoms with Gasteiger partial charge in [-0.25, -0.2) is 0 Å². The minimum Gasteiger partial charge on any atom is -0.0139 e. The van der Waals surface area contributed by atoms with Crippen LogP contribution in [0.2, 0.25) is 0 Å². The zero-order valence-electron chi connectivity index (χ0n) is 1.80. The molecule has 0 heterocycles. The van der Waals surface area contributed by atoms with Crippen molar-refractivity contribution >= 4 is 0 Å². The highest BCUT2D eigenvalue weighted by molar-refractivity contribution is 4.11. The van der Waals surface area contributed by atoms with E-state index in [1.165, 1.54) is 0 Å². The second-order valence-electron chi connectivity index (χ2n) is 0.191. The molecule has 21 valence electrons. The Morgan fingerprint density at radius 2 is 2.25 bits per heavy atom. The molecular formula is HN3O+. The summed E-state index contributed by atoms with van der Waals surface area (Å²) in [5, 5.41) is 17.6. The van der Waals surface area contributed by atoms with Crippen LogP contribution in [0, 0.1) is 5.39 Å². The molecule has 0 amide bonds. The number of hydrogen-bond donors (Lipinski definition) is 1. The average molecular weight is 59.0 g/mol. The molecule has 0 aromatic heterocycles. The second-order valence-corrected chi connectivity index (χ2v) is 0.191. The van der Waals surface area contributed by atoms with Gasteiger partial charge in [0.1, 0.15) is 5.59 Å². The first-order valence-corrected chi connectivity index (χ1v) is 0.628. The highest BCUT2D eigenvalue weighted by Gasteiger charge is 1.65. The molecule has 0 saturated heterocycles. The Hall–Kier alpha value is -0.820. The monoisotopic (exact) mass is 59.0 g/mol. The Balaban J connectivity index is 2.43. The fraction of sp³-hybridized carbons (Fsp3) is 0. The lowest BCUT2D eigenvalue weighted by Crippen LogP contribution is -1.82. The van der Waals surface area contributed by atoms with Gasteiger partial charge in [-0.05, 0) is 5.21 Å². The second kappa shape index (κ2) is 2.18. The normalized spacial score (nSPS) is 4.00. The van der Waals surface area contributed by atoms with Gasteiger partial charge in [-0.15, -0.1) is 0 Å². The van der Waals surface area contributed by atoms with Gasteiger partial charge in [-0.2, -0.15) is 0 Å². The van der Waals surface area contributed by atoms with Crippen molar-refractivity contribution in [3.05, 3.63) is 5.08 Å². The molecule has 0 aliphatic heterocycles. The molecule has 0 atom stereocenters. The van der Waals surface area contributed by atoms with Gasteiger partial charge in [0.2, 0.25) is 0 Å². The molecule has 0 saturated carbocycles. The van der Waals surface area contributed by atoms with Crippen LogP contribution in [0.15, 0.2) is 0 Å². The minimum atomic E-state index is 0.861. The Labute approximate surface area is 22.6 Å². The Bertz CT molecular complexity index is 33.0. The number of rotatable bonds is 0. The zero-order chi connectivity index (χ0) is 3.41. The van der Waals surface area contributed by atoms with Gasteiger partial charge >= 0.3 is 5.08 Å². The van der Waals surface area contributed by atoms with E-state index in [1.54, 1.807) is 0 Å².